The first-order valence-electron chi connectivity index (χ1n) is 29.4. The van der Waals surface area contributed by atoms with Gasteiger partial charge in [-0.25, -0.2) is 0 Å². The molecule has 1 amide bonds. The van der Waals surface area contributed by atoms with Gasteiger partial charge >= 0.3 is 5.97 Å². The van der Waals surface area contributed by atoms with Crippen LogP contribution in [0.3, 0.4) is 0 Å². The lowest BCUT2D eigenvalue weighted by atomic mass is 10.0. The summed E-state index contributed by atoms with van der Waals surface area (Å²) in [5.41, 5.74) is 0. The SMILES string of the molecule is CCCCCCCCC/C=C\CCCCCCCC(=O)OCCCCCCCCCCCCCCCC(=O)NC(CO)C(O)CCCCCCCCCCCCCCCCCCCCC. The van der Waals surface area contributed by atoms with Gasteiger partial charge in [-0.2, -0.15) is 0 Å². The normalized spacial score (nSPS) is 12.6. The number of hydrogen-bond acceptors (Lipinski definition) is 5. The van der Waals surface area contributed by atoms with Crippen molar-refractivity contribution in [3.8, 4) is 0 Å². The smallest absolute Gasteiger partial charge is 0.305 e. The van der Waals surface area contributed by atoms with Crippen molar-refractivity contribution in [3.63, 3.8) is 0 Å². The highest BCUT2D eigenvalue weighted by Gasteiger charge is 2.20. The molecule has 0 spiro atoms. The summed E-state index contributed by atoms with van der Waals surface area (Å²) in [5, 5.41) is 23.3. The Hall–Kier alpha value is -1.40. The van der Waals surface area contributed by atoms with Crippen molar-refractivity contribution in [2.45, 2.75) is 341 Å². The Morgan fingerprint density at radius 2 is 0.723 bits per heavy atom. The van der Waals surface area contributed by atoms with Gasteiger partial charge in [0.15, 0.2) is 0 Å². The van der Waals surface area contributed by atoms with Gasteiger partial charge in [-0.15, -0.1) is 0 Å². The molecule has 0 aromatic rings. The molecule has 0 aliphatic heterocycles. The van der Waals surface area contributed by atoms with E-state index in [0.29, 0.717) is 25.9 Å². The molecule has 0 aromatic heterocycles. The number of nitrogens with one attached hydrogen (secondary N) is 1. The molecular formula is C59H115NO5. The van der Waals surface area contributed by atoms with E-state index in [4.69, 9.17) is 4.74 Å². The molecule has 0 fully saturated rings. The molecule has 2 atom stereocenters. The van der Waals surface area contributed by atoms with Crippen LogP contribution in [0.4, 0.5) is 0 Å². The molecule has 0 bridgehead atoms. The van der Waals surface area contributed by atoms with Gasteiger partial charge in [-0.3, -0.25) is 9.59 Å². The highest BCUT2D eigenvalue weighted by Crippen LogP contribution is 2.18. The highest BCUT2D eigenvalue weighted by molar-refractivity contribution is 5.76. The molecule has 0 radical (unpaired) electrons. The summed E-state index contributed by atoms with van der Waals surface area (Å²) in [6, 6.07) is -0.551. The first-order valence-corrected chi connectivity index (χ1v) is 29.4. The second kappa shape index (κ2) is 55.2. The highest BCUT2D eigenvalue weighted by atomic mass is 16.5. The summed E-state index contributed by atoms with van der Waals surface area (Å²) in [7, 11) is 0. The predicted octanol–water partition coefficient (Wildman–Crippen LogP) is 18.1. The maximum Gasteiger partial charge on any atom is 0.305 e. The molecule has 0 aliphatic carbocycles. The molecule has 0 heterocycles. The first kappa shape index (κ1) is 63.6. The summed E-state index contributed by atoms with van der Waals surface area (Å²) in [6.07, 6.45) is 64.8. The largest absolute Gasteiger partial charge is 0.466 e. The van der Waals surface area contributed by atoms with Gasteiger partial charge in [0.1, 0.15) is 0 Å². The van der Waals surface area contributed by atoms with Crippen molar-refractivity contribution in [3.05, 3.63) is 12.2 Å². The second-order valence-corrected chi connectivity index (χ2v) is 20.3. The maximum absolute atomic E-state index is 12.5. The van der Waals surface area contributed by atoms with Crippen molar-refractivity contribution in [1.29, 1.82) is 0 Å². The van der Waals surface area contributed by atoms with Gasteiger partial charge in [-0.05, 0) is 51.4 Å². The van der Waals surface area contributed by atoms with Gasteiger partial charge in [0.2, 0.25) is 5.91 Å². The van der Waals surface area contributed by atoms with E-state index >= 15 is 0 Å². The number of rotatable bonds is 55. The van der Waals surface area contributed by atoms with E-state index in [-0.39, 0.29) is 18.5 Å². The Labute approximate surface area is 406 Å². The summed E-state index contributed by atoms with van der Waals surface area (Å²) in [4.78, 5) is 24.6. The van der Waals surface area contributed by atoms with Crippen LogP contribution in [0.5, 0.6) is 0 Å². The van der Waals surface area contributed by atoms with E-state index in [1.165, 1.54) is 244 Å². The number of amides is 1. The minimum Gasteiger partial charge on any atom is -0.466 e. The lowest BCUT2D eigenvalue weighted by Gasteiger charge is -2.22. The number of unbranched alkanes of at least 4 members (excludes halogenated alkanes) is 42. The Bertz CT molecular complexity index is 970. The number of hydrogen-bond donors (Lipinski definition) is 3. The van der Waals surface area contributed by atoms with Gasteiger partial charge in [-0.1, -0.05) is 276 Å². The van der Waals surface area contributed by atoms with Crippen LogP contribution in [0, 0.1) is 0 Å². The summed E-state index contributed by atoms with van der Waals surface area (Å²) < 4.78 is 5.47. The van der Waals surface area contributed by atoms with Gasteiger partial charge in [0, 0.05) is 12.8 Å². The van der Waals surface area contributed by atoms with Crippen LogP contribution < -0.4 is 5.32 Å². The molecule has 0 aliphatic rings. The quantitative estimate of drug-likeness (QED) is 0.0321. The molecule has 0 saturated heterocycles. The zero-order valence-electron chi connectivity index (χ0n) is 44.0. The van der Waals surface area contributed by atoms with Crippen LogP contribution in [-0.2, 0) is 14.3 Å². The fourth-order valence-corrected chi connectivity index (χ4v) is 9.28. The lowest BCUT2D eigenvalue weighted by molar-refractivity contribution is -0.143. The number of aliphatic hydroxyl groups excluding tert-OH is 2. The van der Waals surface area contributed by atoms with E-state index in [1.807, 2.05) is 0 Å². The second-order valence-electron chi connectivity index (χ2n) is 20.3. The molecule has 386 valence electrons. The number of ether oxygens (including phenoxy) is 1. The summed E-state index contributed by atoms with van der Waals surface area (Å²) >= 11 is 0. The van der Waals surface area contributed by atoms with Crippen LogP contribution in [0.2, 0.25) is 0 Å². The molecule has 6 nitrogen and oxygen atoms in total. The van der Waals surface area contributed by atoms with Gasteiger partial charge in [0.25, 0.3) is 0 Å². The van der Waals surface area contributed by atoms with Gasteiger partial charge in [0.05, 0.1) is 25.4 Å². The van der Waals surface area contributed by atoms with Crippen molar-refractivity contribution in [2.75, 3.05) is 13.2 Å². The number of allylic oxidation sites excluding steroid dienone is 2. The van der Waals surface area contributed by atoms with E-state index in [9.17, 15) is 19.8 Å². The minimum atomic E-state index is -0.673. The average Bonchev–Trinajstić information content (AvgIpc) is 3.31. The van der Waals surface area contributed by atoms with Crippen LogP contribution in [-0.4, -0.2) is 47.4 Å². The van der Waals surface area contributed by atoms with E-state index in [1.54, 1.807) is 0 Å². The average molecular weight is 919 g/mol. The van der Waals surface area contributed by atoms with Crippen molar-refractivity contribution in [2.24, 2.45) is 0 Å². The summed E-state index contributed by atoms with van der Waals surface area (Å²) in [5.74, 6) is -0.0567. The molecule has 65 heavy (non-hydrogen) atoms. The van der Waals surface area contributed by atoms with Gasteiger partial charge < -0.3 is 20.3 Å². The lowest BCUT2D eigenvalue weighted by Crippen LogP contribution is -2.45. The molecular weight excluding hydrogens is 803 g/mol. The van der Waals surface area contributed by atoms with Crippen LogP contribution >= 0.6 is 0 Å². The Balaban J connectivity index is 3.44. The van der Waals surface area contributed by atoms with E-state index < -0.39 is 12.1 Å². The third kappa shape index (κ3) is 51.8. The molecule has 0 aromatic carbocycles. The number of carbonyl (C=O) groups is 2. The first-order chi connectivity index (χ1) is 32.0. The molecule has 0 rings (SSSR count). The van der Waals surface area contributed by atoms with Crippen molar-refractivity contribution in [1.82, 2.24) is 5.32 Å². The maximum atomic E-state index is 12.5. The topological polar surface area (TPSA) is 95.9 Å². The Morgan fingerprint density at radius 3 is 1.09 bits per heavy atom. The molecule has 3 N–H and O–H groups in total. The Kier molecular flexibility index (Phi) is 54.0. The number of carbonyl (C=O) groups excluding carboxylic acids is 2. The van der Waals surface area contributed by atoms with Crippen molar-refractivity contribution >= 4 is 11.9 Å². The zero-order chi connectivity index (χ0) is 47.2. The fourth-order valence-electron chi connectivity index (χ4n) is 9.28. The number of esters is 1. The summed E-state index contributed by atoms with van der Waals surface area (Å²) in [6.45, 7) is 4.94. The molecule has 2 unspecified atom stereocenters. The standard InChI is InChI=1S/C59H115NO5/c1-3-5-7-9-11-13-15-17-19-21-22-23-24-27-31-35-39-43-47-51-57(62)56(55-61)60-58(63)52-48-44-40-36-32-28-26-30-34-38-42-46-50-54-65-59(64)53-49-45-41-37-33-29-25-20-18-16-14-12-10-8-6-4-2/h20,25,56-57,61-62H,3-19,21-24,26-55H2,1-2H3,(H,60,63)/b25-20-. The van der Waals surface area contributed by atoms with Crippen molar-refractivity contribution < 1.29 is 24.5 Å². The monoisotopic (exact) mass is 918 g/mol. The Morgan fingerprint density at radius 1 is 0.415 bits per heavy atom. The van der Waals surface area contributed by atoms with E-state index in [0.717, 1.165) is 51.4 Å². The van der Waals surface area contributed by atoms with Crippen LogP contribution in [0.25, 0.3) is 0 Å². The predicted molar refractivity (Wildman–Crippen MR) is 283 cm³/mol. The molecule has 0 saturated carbocycles. The van der Waals surface area contributed by atoms with Crippen LogP contribution in [0.15, 0.2) is 12.2 Å². The molecule has 6 heteroatoms. The zero-order valence-corrected chi connectivity index (χ0v) is 44.0. The minimum absolute atomic E-state index is 0.0118. The van der Waals surface area contributed by atoms with Crippen LogP contribution in [0.1, 0.15) is 328 Å². The number of aliphatic hydroxyl groups is 2. The van der Waals surface area contributed by atoms with E-state index in [2.05, 4.69) is 31.3 Å². The fraction of sp³-hybridized carbons (Fsp3) is 0.932. The third-order valence-corrected chi connectivity index (χ3v) is 13.8. The third-order valence-electron chi connectivity index (χ3n) is 13.8.